The summed E-state index contributed by atoms with van der Waals surface area (Å²) in [5.74, 6) is 0. The Kier molecular flexibility index (Phi) is 3.73. The summed E-state index contributed by atoms with van der Waals surface area (Å²) in [4.78, 5) is 0. The zero-order chi connectivity index (χ0) is 11.4. The van der Waals surface area contributed by atoms with Crippen molar-refractivity contribution < 1.29 is 4.74 Å². The Morgan fingerprint density at radius 3 is 3.06 bits per heavy atom. The van der Waals surface area contributed by atoms with Crippen molar-refractivity contribution in [3.8, 4) is 0 Å². The highest BCUT2D eigenvalue weighted by Gasteiger charge is 2.11. The van der Waals surface area contributed by atoms with Crippen LogP contribution in [0.4, 0.5) is 5.69 Å². The molecule has 3 heteroatoms. The van der Waals surface area contributed by atoms with Crippen LogP contribution in [0.5, 0.6) is 0 Å². The molecule has 0 radical (unpaired) electrons. The molecule has 1 aromatic rings. The predicted octanol–water partition coefficient (Wildman–Crippen LogP) is 3.75. The van der Waals surface area contributed by atoms with E-state index >= 15 is 0 Å². The lowest BCUT2D eigenvalue weighted by atomic mass is 10.1. The van der Waals surface area contributed by atoms with Crippen LogP contribution < -0.4 is 5.32 Å². The zero-order valence-corrected chi connectivity index (χ0v) is 10.1. The Morgan fingerprint density at radius 2 is 2.38 bits per heavy atom. The van der Waals surface area contributed by atoms with E-state index in [1.807, 2.05) is 19.1 Å². The van der Waals surface area contributed by atoms with Crippen molar-refractivity contribution in [1.82, 2.24) is 0 Å². The van der Waals surface area contributed by atoms with E-state index in [4.69, 9.17) is 16.3 Å². The molecule has 1 atom stereocenters. The average Bonchev–Trinajstić information content (AvgIpc) is 2.29. The molecular formula is C13H16ClNO. The van der Waals surface area contributed by atoms with E-state index in [1.54, 1.807) is 6.26 Å². The Morgan fingerprint density at radius 1 is 1.50 bits per heavy atom. The summed E-state index contributed by atoms with van der Waals surface area (Å²) in [5.41, 5.74) is 2.15. The fourth-order valence-electron chi connectivity index (χ4n) is 1.72. The van der Waals surface area contributed by atoms with Gasteiger partial charge in [-0.05, 0) is 43.5 Å². The van der Waals surface area contributed by atoms with Crippen molar-refractivity contribution in [2.24, 2.45) is 0 Å². The van der Waals surface area contributed by atoms with Gasteiger partial charge in [0.1, 0.15) is 6.10 Å². The smallest absolute Gasteiger partial charge is 0.115 e. The van der Waals surface area contributed by atoms with Gasteiger partial charge in [-0.15, -0.1) is 0 Å². The van der Waals surface area contributed by atoms with Crippen LogP contribution in [0.3, 0.4) is 0 Å². The van der Waals surface area contributed by atoms with Gasteiger partial charge in [-0.1, -0.05) is 17.7 Å². The van der Waals surface area contributed by atoms with Gasteiger partial charge in [-0.2, -0.15) is 0 Å². The van der Waals surface area contributed by atoms with Crippen molar-refractivity contribution in [2.75, 3.05) is 11.9 Å². The predicted molar refractivity (Wildman–Crippen MR) is 67.9 cm³/mol. The number of benzene rings is 1. The first kappa shape index (κ1) is 11.3. The number of allylic oxidation sites excluding steroid dienone is 1. The molecule has 1 heterocycles. The second-order valence-corrected chi connectivity index (χ2v) is 4.48. The standard InChI is InChI=1S/C13H16ClNO/c1-10-5-6-13(12(14)8-10)15-9-11-4-2-3-7-16-11/h3,5-8,11,15H,2,4,9H2,1H3. The Balaban J connectivity index is 1.91. The summed E-state index contributed by atoms with van der Waals surface area (Å²) >= 11 is 6.13. The lowest BCUT2D eigenvalue weighted by Gasteiger charge is -2.20. The minimum atomic E-state index is 0.252. The monoisotopic (exact) mass is 237 g/mol. The van der Waals surface area contributed by atoms with Crippen LogP contribution in [0.2, 0.25) is 5.02 Å². The van der Waals surface area contributed by atoms with Gasteiger partial charge in [0.15, 0.2) is 0 Å². The van der Waals surface area contributed by atoms with Gasteiger partial charge in [0.05, 0.1) is 23.5 Å². The van der Waals surface area contributed by atoms with Crippen molar-refractivity contribution in [3.63, 3.8) is 0 Å². The van der Waals surface area contributed by atoms with Gasteiger partial charge in [-0.25, -0.2) is 0 Å². The van der Waals surface area contributed by atoms with E-state index < -0.39 is 0 Å². The van der Waals surface area contributed by atoms with Gasteiger partial charge in [0, 0.05) is 0 Å². The van der Waals surface area contributed by atoms with Crippen LogP contribution in [0.25, 0.3) is 0 Å². The number of rotatable bonds is 3. The molecule has 1 N–H and O–H groups in total. The van der Waals surface area contributed by atoms with Crippen molar-refractivity contribution in [2.45, 2.75) is 25.9 Å². The second-order valence-electron chi connectivity index (χ2n) is 4.07. The van der Waals surface area contributed by atoms with Gasteiger partial charge in [0.25, 0.3) is 0 Å². The van der Waals surface area contributed by atoms with E-state index in [-0.39, 0.29) is 6.10 Å². The second kappa shape index (κ2) is 5.26. The van der Waals surface area contributed by atoms with E-state index in [0.717, 1.165) is 30.1 Å². The van der Waals surface area contributed by atoms with E-state index in [0.29, 0.717) is 0 Å². The molecule has 1 unspecified atom stereocenters. The number of nitrogens with one attached hydrogen (secondary N) is 1. The first-order valence-electron chi connectivity index (χ1n) is 5.56. The third-order valence-corrected chi connectivity index (χ3v) is 2.98. The molecule has 0 saturated heterocycles. The lowest BCUT2D eigenvalue weighted by Crippen LogP contribution is -2.23. The van der Waals surface area contributed by atoms with E-state index in [1.165, 1.54) is 5.56 Å². The van der Waals surface area contributed by atoms with Gasteiger partial charge in [0.2, 0.25) is 0 Å². The van der Waals surface area contributed by atoms with Crippen molar-refractivity contribution in [1.29, 1.82) is 0 Å². The Bertz CT molecular complexity index is 390. The highest BCUT2D eigenvalue weighted by atomic mass is 35.5. The van der Waals surface area contributed by atoms with Gasteiger partial charge >= 0.3 is 0 Å². The van der Waals surface area contributed by atoms with Crippen LogP contribution >= 0.6 is 11.6 Å². The minimum Gasteiger partial charge on any atom is -0.497 e. The summed E-state index contributed by atoms with van der Waals surface area (Å²) in [5, 5.41) is 4.09. The molecule has 1 aliphatic heterocycles. The first-order valence-corrected chi connectivity index (χ1v) is 5.94. The maximum absolute atomic E-state index is 6.13. The molecule has 2 nitrogen and oxygen atoms in total. The fraction of sp³-hybridized carbons (Fsp3) is 0.385. The van der Waals surface area contributed by atoms with Crippen LogP contribution in [0, 0.1) is 6.92 Å². The maximum atomic E-state index is 6.13. The molecule has 0 spiro atoms. The topological polar surface area (TPSA) is 21.3 Å². The summed E-state index contributed by atoms with van der Waals surface area (Å²) in [6, 6.07) is 6.03. The number of aryl methyl sites for hydroxylation is 1. The highest BCUT2D eigenvalue weighted by Crippen LogP contribution is 2.23. The molecule has 86 valence electrons. The molecule has 0 aliphatic carbocycles. The minimum absolute atomic E-state index is 0.252. The van der Waals surface area contributed by atoms with Gasteiger partial charge in [-0.3, -0.25) is 0 Å². The molecule has 1 aromatic carbocycles. The molecule has 0 bridgehead atoms. The summed E-state index contributed by atoms with van der Waals surface area (Å²) in [6.45, 7) is 2.83. The number of anilines is 1. The molecule has 0 saturated carbocycles. The molecule has 0 fully saturated rings. The fourth-order valence-corrected chi connectivity index (χ4v) is 2.02. The summed E-state index contributed by atoms with van der Waals surface area (Å²) in [7, 11) is 0. The third kappa shape index (κ3) is 2.92. The summed E-state index contributed by atoms with van der Waals surface area (Å²) in [6.07, 6.45) is 6.24. The number of ether oxygens (including phenoxy) is 1. The molecule has 2 rings (SSSR count). The quantitative estimate of drug-likeness (QED) is 0.865. The van der Waals surface area contributed by atoms with E-state index in [2.05, 4.69) is 17.5 Å². The van der Waals surface area contributed by atoms with Gasteiger partial charge < -0.3 is 10.1 Å². The number of halogens is 1. The number of hydrogen-bond acceptors (Lipinski definition) is 2. The summed E-state index contributed by atoms with van der Waals surface area (Å²) < 4.78 is 5.48. The Labute approximate surface area is 101 Å². The number of hydrogen-bond donors (Lipinski definition) is 1. The third-order valence-electron chi connectivity index (χ3n) is 2.67. The Hall–Kier alpha value is -1.15. The van der Waals surface area contributed by atoms with Crippen LogP contribution in [0.15, 0.2) is 30.5 Å². The largest absolute Gasteiger partial charge is 0.497 e. The highest BCUT2D eigenvalue weighted by molar-refractivity contribution is 6.33. The molecule has 1 aliphatic rings. The van der Waals surface area contributed by atoms with E-state index in [9.17, 15) is 0 Å². The molecule has 16 heavy (non-hydrogen) atoms. The van der Waals surface area contributed by atoms with Crippen LogP contribution in [0.1, 0.15) is 18.4 Å². The van der Waals surface area contributed by atoms with Crippen molar-refractivity contribution >= 4 is 17.3 Å². The lowest BCUT2D eigenvalue weighted by molar-refractivity contribution is 0.135. The van der Waals surface area contributed by atoms with Crippen molar-refractivity contribution in [3.05, 3.63) is 41.1 Å². The molecule has 0 amide bonds. The molecule has 0 aromatic heterocycles. The maximum Gasteiger partial charge on any atom is 0.115 e. The van der Waals surface area contributed by atoms with Crippen LogP contribution in [-0.2, 0) is 4.74 Å². The van der Waals surface area contributed by atoms with Crippen LogP contribution in [-0.4, -0.2) is 12.6 Å². The average molecular weight is 238 g/mol. The SMILES string of the molecule is Cc1ccc(NCC2CCC=CO2)c(Cl)c1. The zero-order valence-electron chi connectivity index (χ0n) is 9.37. The first-order chi connectivity index (χ1) is 7.75. The molecular weight excluding hydrogens is 222 g/mol. The normalized spacial score (nSPS) is 19.2.